The van der Waals surface area contributed by atoms with Gasteiger partial charge in [0.05, 0.1) is 12.6 Å². The Morgan fingerprint density at radius 3 is 2.55 bits per heavy atom. The summed E-state index contributed by atoms with van der Waals surface area (Å²) in [6, 6.07) is 8.57. The van der Waals surface area contributed by atoms with Crippen LogP contribution in [0.3, 0.4) is 0 Å². The molecule has 0 aliphatic rings. The van der Waals surface area contributed by atoms with E-state index in [1.807, 2.05) is 0 Å². The minimum atomic E-state index is -2.82. The molecule has 0 bridgehead atoms. The number of benzene rings is 1. The third-order valence-electron chi connectivity index (χ3n) is 2.89. The molecule has 106 valence electrons. The first kappa shape index (κ1) is 15.9. The number of halogens is 2. The number of nitrogens with one attached hydrogen (secondary N) is 1. The third kappa shape index (κ3) is 5.26. The molecule has 0 fully saturated rings. The van der Waals surface area contributed by atoms with E-state index in [9.17, 15) is 8.78 Å². The van der Waals surface area contributed by atoms with Gasteiger partial charge in [-0.2, -0.15) is 14.0 Å². The molecular formula is C15H16F2N2O. The molecule has 0 saturated carbocycles. The number of hydrogen-bond donors (Lipinski definition) is 1. The van der Waals surface area contributed by atoms with Crippen molar-refractivity contribution in [2.24, 2.45) is 0 Å². The van der Waals surface area contributed by atoms with Gasteiger partial charge in [0, 0.05) is 0 Å². The molecule has 1 aromatic carbocycles. The topological polar surface area (TPSA) is 45.0 Å². The summed E-state index contributed by atoms with van der Waals surface area (Å²) in [5.41, 5.74) is 0.237. The molecule has 0 aliphatic carbocycles. The standard InChI is InChI=1S/C15H16F2N2O/c1-3-10-19-15(2,11-18)9-8-12-4-6-13(7-5-12)20-14(16)17/h1,4-7,14,19H,8-10H2,2H3. The zero-order chi connectivity index (χ0) is 15.0. The molecule has 1 unspecified atom stereocenters. The molecule has 1 rings (SSSR count). The fraction of sp³-hybridized carbons (Fsp3) is 0.400. The van der Waals surface area contributed by atoms with Crippen molar-refractivity contribution in [2.75, 3.05) is 6.54 Å². The van der Waals surface area contributed by atoms with Gasteiger partial charge in [0.25, 0.3) is 0 Å². The van der Waals surface area contributed by atoms with Crippen LogP contribution >= 0.6 is 0 Å². The van der Waals surface area contributed by atoms with Crippen LogP contribution < -0.4 is 10.1 Å². The van der Waals surface area contributed by atoms with E-state index in [4.69, 9.17) is 11.7 Å². The Morgan fingerprint density at radius 1 is 1.40 bits per heavy atom. The van der Waals surface area contributed by atoms with Gasteiger partial charge in [-0.3, -0.25) is 5.32 Å². The quantitative estimate of drug-likeness (QED) is 0.780. The van der Waals surface area contributed by atoms with Crippen molar-refractivity contribution in [3.63, 3.8) is 0 Å². The van der Waals surface area contributed by atoms with Crippen molar-refractivity contribution in [3.8, 4) is 24.2 Å². The molecule has 0 spiro atoms. The largest absolute Gasteiger partial charge is 0.435 e. The second-order valence-electron chi connectivity index (χ2n) is 4.52. The molecule has 0 heterocycles. The van der Waals surface area contributed by atoms with Crippen molar-refractivity contribution >= 4 is 0 Å². The normalized spacial score (nSPS) is 13.3. The van der Waals surface area contributed by atoms with Crippen molar-refractivity contribution in [2.45, 2.75) is 31.9 Å². The fourth-order valence-corrected chi connectivity index (χ4v) is 1.66. The zero-order valence-corrected chi connectivity index (χ0v) is 11.2. The molecule has 1 atom stereocenters. The van der Waals surface area contributed by atoms with E-state index in [0.717, 1.165) is 5.56 Å². The van der Waals surface area contributed by atoms with Gasteiger partial charge in [-0.15, -0.1) is 6.42 Å². The van der Waals surface area contributed by atoms with E-state index in [0.29, 0.717) is 19.4 Å². The van der Waals surface area contributed by atoms with Crippen LogP contribution in [-0.4, -0.2) is 18.7 Å². The van der Waals surface area contributed by atoms with Crippen LogP contribution in [-0.2, 0) is 6.42 Å². The van der Waals surface area contributed by atoms with Gasteiger partial charge >= 0.3 is 6.61 Å². The first-order chi connectivity index (χ1) is 9.49. The van der Waals surface area contributed by atoms with Crippen LogP contribution in [0.15, 0.2) is 24.3 Å². The zero-order valence-electron chi connectivity index (χ0n) is 11.2. The summed E-state index contributed by atoms with van der Waals surface area (Å²) in [5.74, 6) is 2.55. The molecule has 20 heavy (non-hydrogen) atoms. The van der Waals surface area contributed by atoms with Crippen LogP contribution in [0.2, 0.25) is 0 Å². The van der Waals surface area contributed by atoms with Crippen LogP contribution in [0.1, 0.15) is 18.9 Å². The second-order valence-corrected chi connectivity index (χ2v) is 4.52. The summed E-state index contributed by atoms with van der Waals surface area (Å²) in [7, 11) is 0. The van der Waals surface area contributed by atoms with Crippen LogP contribution in [0.4, 0.5) is 8.78 Å². The number of alkyl halides is 2. The van der Waals surface area contributed by atoms with Gasteiger partial charge in [0.2, 0.25) is 0 Å². The number of rotatable bonds is 7. The van der Waals surface area contributed by atoms with Crippen molar-refractivity contribution in [3.05, 3.63) is 29.8 Å². The number of ether oxygens (including phenoxy) is 1. The minimum Gasteiger partial charge on any atom is -0.435 e. The van der Waals surface area contributed by atoms with E-state index < -0.39 is 12.2 Å². The van der Waals surface area contributed by atoms with Crippen molar-refractivity contribution < 1.29 is 13.5 Å². The molecule has 1 aromatic rings. The van der Waals surface area contributed by atoms with E-state index in [2.05, 4.69) is 22.0 Å². The average molecular weight is 278 g/mol. The van der Waals surface area contributed by atoms with E-state index in [1.54, 1.807) is 19.1 Å². The molecule has 5 heteroatoms. The lowest BCUT2D eigenvalue weighted by Gasteiger charge is -2.22. The van der Waals surface area contributed by atoms with E-state index >= 15 is 0 Å². The molecule has 0 saturated heterocycles. The molecule has 0 aliphatic heterocycles. The van der Waals surface area contributed by atoms with Crippen LogP contribution in [0, 0.1) is 23.7 Å². The summed E-state index contributed by atoms with van der Waals surface area (Å²) >= 11 is 0. The summed E-state index contributed by atoms with van der Waals surface area (Å²) in [6.45, 7) is -0.722. The molecule has 0 amide bonds. The third-order valence-corrected chi connectivity index (χ3v) is 2.89. The molecule has 1 N–H and O–H groups in total. The summed E-state index contributed by atoms with van der Waals surface area (Å²) in [4.78, 5) is 0. The minimum absolute atomic E-state index is 0.122. The Bertz CT molecular complexity index is 502. The lowest BCUT2D eigenvalue weighted by Crippen LogP contribution is -2.41. The summed E-state index contributed by atoms with van der Waals surface area (Å²) in [6.07, 6.45) is 6.36. The van der Waals surface area contributed by atoms with E-state index in [-0.39, 0.29) is 5.75 Å². The fourth-order valence-electron chi connectivity index (χ4n) is 1.66. The summed E-state index contributed by atoms with van der Waals surface area (Å²) in [5, 5.41) is 12.1. The van der Waals surface area contributed by atoms with Crippen molar-refractivity contribution in [1.82, 2.24) is 5.32 Å². The molecule has 0 radical (unpaired) electrons. The highest BCUT2D eigenvalue weighted by Gasteiger charge is 2.22. The van der Waals surface area contributed by atoms with Crippen LogP contribution in [0.5, 0.6) is 5.75 Å². The molecule has 0 aromatic heterocycles. The monoisotopic (exact) mass is 278 g/mol. The Kier molecular flexibility index (Phi) is 5.96. The predicted octanol–water partition coefficient (Wildman–Crippen LogP) is 2.73. The smallest absolute Gasteiger partial charge is 0.387 e. The van der Waals surface area contributed by atoms with Gasteiger partial charge in [0.15, 0.2) is 0 Å². The van der Waals surface area contributed by atoms with Crippen LogP contribution in [0.25, 0.3) is 0 Å². The Hall–Kier alpha value is -2.11. The summed E-state index contributed by atoms with van der Waals surface area (Å²) < 4.78 is 28.3. The average Bonchev–Trinajstić information content (AvgIpc) is 2.44. The molecule has 3 nitrogen and oxygen atoms in total. The predicted molar refractivity (Wildman–Crippen MR) is 72.2 cm³/mol. The maximum absolute atomic E-state index is 12.0. The van der Waals surface area contributed by atoms with E-state index in [1.165, 1.54) is 12.1 Å². The van der Waals surface area contributed by atoms with Crippen molar-refractivity contribution in [1.29, 1.82) is 5.26 Å². The Balaban J connectivity index is 2.57. The lowest BCUT2D eigenvalue weighted by molar-refractivity contribution is -0.0498. The number of hydrogen-bond acceptors (Lipinski definition) is 3. The number of nitrogens with zero attached hydrogens (tertiary/aromatic N) is 1. The highest BCUT2D eigenvalue weighted by atomic mass is 19.3. The van der Waals surface area contributed by atoms with Gasteiger partial charge in [-0.05, 0) is 37.5 Å². The highest BCUT2D eigenvalue weighted by Crippen LogP contribution is 2.18. The lowest BCUT2D eigenvalue weighted by atomic mass is 9.94. The van der Waals surface area contributed by atoms with Gasteiger partial charge in [0.1, 0.15) is 11.3 Å². The van der Waals surface area contributed by atoms with Gasteiger partial charge < -0.3 is 4.74 Å². The number of terminal acetylenes is 1. The first-order valence-electron chi connectivity index (χ1n) is 6.12. The molecular weight excluding hydrogens is 262 g/mol. The highest BCUT2D eigenvalue weighted by molar-refractivity contribution is 5.27. The van der Waals surface area contributed by atoms with Gasteiger partial charge in [-0.25, -0.2) is 0 Å². The SMILES string of the molecule is C#CCNC(C)(C#N)CCc1ccc(OC(F)F)cc1. The van der Waals surface area contributed by atoms with Gasteiger partial charge in [-0.1, -0.05) is 18.1 Å². The second kappa shape index (κ2) is 7.47. The maximum atomic E-state index is 12.0. The Morgan fingerprint density at radius 2 is 2.05 bits per heavy atom. The first-order valence-corrected chi connectivity index (χ1v) is 6.12. The number of aryl methyl sites for hydroxylation is 1. The maximum Gasteiger partial charge on any atom is 0.387 e. The Labute approximate surface area is 117 Å². The number of nitriles is 1.